The van der Waals surface area contributed by atoms with E-state index in [0.717, 1.165) is 16.7 Å². The summed E-state index contributed by atoms with van der Waals surface area (Å²) in [5.41, 5.74) is 4.12. The van der Waals surface area contributed by atoms with Gasteiger partial charge in [0.05, 0.1) is 7.11 Å². The molecule has 0 saturated heterocycles. The van der Waals surface area contributed by atoms with Crippen LogP contribution in [0.2, 0.25) is 0 Å². The predicted molar refractivity (Wildman–Crippen MR) is 85.3 cm³/mol. The van der Waals surface area contributed by atoms with Crippen LogP contribution >= 0.6 is 0 Å². The number of phenolic OH excluding ortho intramolecular Hbond substituents is 2. The maximum atomic E-state index is 10.6. The molecule has 0 bridgehead atoms. The van der Waals surface area contributed by atoms with Crippen LogP contribution in [-0.4, -0.2) is 17.3 Å². The number of rotatable bonds is 3. The standard InChI is InChI=1S/C18H22O3/c1-10(2)13-6-11(3)7-14(17(13)19)15-8-12(4)9-16(21-5)18(15)20/h6-10,19-20H,1-5H3. The summed E-state index contributed by atoms with van der Waals surface area (Å²) in [6.07, 6.45) is 0. The molecular formula is C18H22O3. The van der Waals surface area contributed by atoms with Gasteiger partial charge in [-0.3, -0.25) is 0 Å². The van der Waals surface area contributed by atoms with Crippen molar-refractivity contribution in [3.8, 4) is 28.4 Å². The normalized spacial score (nSPS) is 11.0. The molecule has 3 nitrogen and oxygen atoms in total. The van der Waals surface area contributed by atoms with Gasteiger partial charge in [-0.05, 0) is 54.7 Å². The lowest BCUT2D eigenvalue weighted by atomic mass is 9.92. The van der Waals surface area contributed by atoms with E-state index in [4.69, 9.17) is 4.74 Å². The van der Waals surface area contributed by atoms with Crippen molar-refractivity contribution in [3.05, 3.63) is 41.0 Å². The second kappa shape index (κ2) is 5.68. The predicted octanol–water partition coefficient (Wildman–Crippen LogP) is 4.51. The van der Waals surface area contributed by atoms with Crippen molar-refractivity contribution in [1.29, 1.82) is 0 Å². The fraction of sp³-hybridized carbons (Fsp3) is 0.333. The molecule has 0 heterocycles. The van der Waals surface area contributed by atoms with Gasteiger partial charge in [-0.1, -0.05) is 19.9 Å². The quantitative estimate of drug-likeness (QED) is 0.872. The lowest BCUT2D eigenvalue weighted by Crippen LogP contribution is -1.94. The van der Waals surface area contributed by atoms with Gasteiger partial charge in [0.1, 0.15) is 5.75 Å². The minimum atomic E-state index is 0.0544. The first-order valence-corrected chi connectivity index (χ1v) is 7.06. The fourth-order valence-corrected chi connectivity index (χ4v) is 2.56. The smallest absolute Gasteiger partial charge is 0.165 e. The van der Waals surface area contributed by atoms with Gasteiger partial charge in [-0.15, -0.1) is 0 Å². The van der Waals surface area contributed by atoms with Gasteiger partial charge in [0, 0.05) is 11.1 Å². The zero-order chi connectivity index (χ0) is 15.7. The van der Waals surface area contributed by atoms with Gasteiger partial charge in [-0.25, -0.2) is 0 Å². The van der Waals surface area contributed by atoms with Gasteiger partial charge >= 0.3 is 0 Å². The number of ether oxygens (including phenoxy) is 1. The first-order valence-electron chi connectivity index (χ1n) is 7.06. The lowest BCUT2D eigenvalue weighted by molar-refractivity contribution is 0.374. The monoisotopic (exact) mass is 286 g/mol. The van der Waals surface area contributed by atoms with E-state index in [9.17, 15) is 10.2 Å². The van der Waals surface area contributed by atoms with Crippen LogP contribution in [0.3, 0.4) is 0 Å². The van der Waals surface area contributed by atoms with Gasteiger partial charge < -0.3 is 14.9 Å². The Kier molecular flexibility index (Phi) is 4.12. The number of hydrogen-bond donors (Lipinski definition) is 2. The molecule has 2 N–H and O–H groups in total. The molecular weight excluding hydrogens is 264 g/mol. The third kappa shape index (κ3) is 2.82. The van der Waals surface area contributed by atoms with Crippen molar-refractivity contribution in [3.63, 3.8) is 0 Å². The first kappa shape index (κ1) is 15.2. The first-order chi connectivity index (χ1) is 9.85. The Morgan fingerprint density at radius 3 is 1.90 bits per heavy atom. The van der Waals surface area contributed by atoms with Crippen molar-refractivity contribution in [2.75, 3.05) is 7.11 Å². The van der Waals surface area contributed by atoms with E-state index in [1.165, 1.54) is 7.11 Å². The molecule has 2 aromatic carbocycles. The van der Waals surface area contributed by atoms with E-state index in [2.05, 4.69) is 0 Å². The van der Waals surface area contributed by atoms with Crippen LogP contribution in [0.1, 0.15) is 36.5 Å². The summed E-state index contributed by atoms with van der Waals surface area (Å²) in [7, 11) is 1.52. The van der Waals surface area contributed by atoms with Crippen molar-refractivity contribution in [1.82, 2.24) is 0 Å². The van der Waals surface area contributed by atoms with Crippen LogP contribution < -0.4 is 4.74 Å². The number of aromatic hydroxyl groups is 2. The largest absolute Gasteiger partial charge is 0.507 e. The summed E-state index contributed by atoms with van der Waals surface area (Å²) in [6, 6.07) is 7.49. The lowest BCUT2D eigenvalue weighted by Gasteiger charge is -2.16. The Labute approximate surface area is 125 Å². The second-order valence-electron chi connectivity index (χ2n) is 5.77. The minimum absolute atomic E-state index is 0.0544. The average molecular weight is 286 g/mol. The van der Waals surface area contributed by atoms with E-state index >= 15 is 0 Å². The molecule has 0 saturated carbocycles. The van der Waals surface area contributed by atoms with E-state index < -0.39 is 0 Å². The molecule has 0 unspecified atom stereocenters. The molecule has 0 amide bonds. The van der Waals surface area contributed by atoms with Crippen molar-refractivity contribution in [2.45, 2.75) is 33.6 Å². The van der Waals surface area contributed by atoms with Crippen LogP contribution in [0.15, 0.2) is 24.3 Å². The molecule has 0 aliphatic heterocycles. The molecule has 21 heavy (non-hydrogen) atoms. The summed E-state index contributed by atoms with van der Waals surface area (Å²) in [5.74, 6) is 0.895. The molecule has 2 rings (SSSR count). The number of aryl methyl sites for hydroxylation is 2. The van der Waals surface area contributed by atoms with Gasteiger partial charge in [0.25, 0.3) is 0 Å². The van der Waals surface area contributed by atoms with Crippen LogP contribution in [0.5, 0.6) is 17.2 Å². The van der Waals surface area contributed by atoms with E-state index in [1.807, 2.05) is 45.9 Å². The van der Waals surface area contributed by atoms with Crippen LogP contribution in [0.4, 0.5) is 0 Å². The average Bonchev–Trinajstić information content (AvgIpc) is 2.43. The van der Waals surface area contributed by atoms with Crippen LogP contribution in [-0.2, 0) is 0 Å². The summed E-state index contributed by atoms with van der Waals surface area (Å²) >= 11 is 0. The molecule has 2 aromatic rings. The van der Waals surface area contributed by atoms with Crippen LogP contribution in [0, 0.1) is 13.8 Å². The molecule has 0 spiro atoms. The highest BCUT2D eigenvalue weighted by molar-refractivity contribution is 5.80. The van der Waals surface area contributed by atoms with Gasteiger partial charge in [0.15, 0.2) is 11.5 Å². The Hall–Kier alpha value is -2.16. The number of benzene rings is 2. The Morgan fingerprint density at radius 2 is 1.38 bits per heavy atom. The highest BCUT2D eigenvalue weighted by Gasteiger charge is 2.18. The zero-order valence-electron chi connectivity index (χ0n) is 13.2. The Balaban J connectivity index is 2.76. The third-order valence-electron chi connectivity index (χ3n) is 3.64. The minimum Gasteiger partial charge on any atom is -0.507 e. The van der Waals surface area contributed by atoms with Crippen LogP contribution in [0.25, 0.3) is 11.1 Å². The fourth-order valence-electron chi connectivity index (χ4n) is 2.56. The van der Waals surface area contributed by atoms with Crippen molar-refractivity contribution >= 4 is 0 Å². The van der Waals surface area contributed by atoms with Gasteiger partial charge in [-0.2, -0.15) is 0 Å². The number of phenols is 2. The third-order valence-corrected chi connectivity index (χ3v) is 3.64. The van der Waals surface area contributed by atoms with E-state index in [0.29, 0.717) is 16.9 Å². The molecule has 3 heteroatoms. The summed E-state index contributed by atoms with van der Waals surface area (Å²) in [6.45, 7) is 7.99. The summed E-state index contributed by atoms with van der Waals surface area (Å²) in [4.78, 5) is 0. The second-order valence-corrected chi connectivity index (χ2v) is 5.77. The molecule has 0 aromatic heterocycles. The molecule has 0 radical (unpaired) electrons. The number of hydrogen-bond acceptors (Lipinski definition) is 3. The van der Waals surface area contributed by atoms with E-state index in [1.54, 1.807) is 6.07 Å². The topological polar surface area (TPSA) is 49.7 Å². The zero-order valence-corrected chi connectivity index (χ0v) is 13.2. The maximum Gasteiger partial charge on any atom is 0.165 e. The highest BCUT2D eigenvalue weighted by atomic mass is 16.5. The molecule has 0 fully saturated rings. The van der Waals surface area contributed by atoms with Crippen molar-refractivity contribution < 1.29 is 14.9 Å². The Bertz CT molecular complexity index is 673. The maximum absolute atomic E-state index is 10.6. The van der Waals surface area contributed by atoms with Crippen molar-refractivity contribution in [2.24, 2.45) is 0 Å². The SMILES string of the molecule is COc1cc(C)cc(-c2cc(C)cc(C(C)C)c2O)c1O. The molecule has 0 aliphatic carbocycles. The summed E-state index contributed by atoms with van der Waals surface area (Å²) < 4.78 is 5.20. The van der Waals surface area contributed by atoms with E-state index in [-0.39, 0.29) is 17.4 Å². The molecule has 0 aliphatic rings. The molecule has 0 atom stereocenters. The molecule has 112 valence electrons. The Morgan fingerprint density at radius 1 is 0.857 bits per heavy atom. The highest BCUT2D eigenvalue weighted by Crippen LogP contribution is 2.44. The number of methoxy groups -OCH3 is 1. The summed E-state index contributed by atoms with van der Waals surface area (Å²) in [5, 5.41) is 20.9. The van der Waals surface area contributed by atoms with Gasteiger partial charge in [0.2, 0.25) is 0 Å².